The molecule has 0 saturated heterocycles. The van der Waals surface area contributed by atoms with Crippen LogP contribution in [0.4, 0.5) is 0 Å². The van der Waals surface area contributed by atoms with Gasteiger partial charge in [0.15, 0.2) is 9.84 Å². The highest BCUT2D eigenvalue weighted by molar-refractivity contribution is 7.91. The van der Waals surface area contributed by atoms with Crippen LogP contribution in [0.15, 0.2) is 30.3 Å². The standard InChI is InChI=1S/C12H18O3S/c1-2-12(11-7-4-3-5-8-11)16(14,15)10-6-9-13/h3-5,7-8,12-13H,2,6,9-10H2,1H3. The summed E-state index contributed by atoms with van der Waals surface area (Å²) >= 11 is 0. The number of benzene rings is 1. The fourth-order valence-electron chi connectivity index (χ4n) is 1.77. The van der Waals surface area contributed by atoms with Crippen molar-refractivity contribution in [2.45, 2.75) is 25.0 Å². The minimum atomic E-state index is -3.15. The Labute approximate surface area is 97.0 Å². The topological polar surface area (TPSA) is 54.4 Å². The molecule has 0 spiro atoms. The van der Waals surface area contributed by atoms with Crippen molar-refractivity contribution < 1.29 is 13.5 Å². The number of aliphatic hydroxyl groups is 1. The van der Waals surface area contributed by atoms with Crippen molar-refractivity contribution in [3.63, 3.8) is 0 Å². The molecule has 0 saturated carbocycles. The summed E-state index contributed by atoms with van der Waals surface area (Å²) in [7, 11) is -3.15. The molecule has 0 aliphatic carbocycles. The maximum Gasteiger partial charge on any atom is 0.157 e. The molecule has 0 amide bonds. The summed E-state index contributed by atoms with van der Waals surface area (Å²) < 4.78 is 24.0. The minimum Gasteiger partial charge on any atom is -0.396 e. The molecule has 1 atom stereocenters. The molecule has 0 heterocycles. The van der Waals surface area contributed by atoms with E-state index in [0.29, 0.717) is 12.8 Å². The number of hydrogen-bond donors (Lipinski definition) is 1. The van der Waals surface area contributed by atoms with E-state index in [-0.39, 0.29) is 12.4 Å². The number of hydrogen-bond acceptors (Lipinski definition) is 3. The second-order valence-electron chi connectivity index (χ2n) is 3.75. The van der Waals surface area contributed by atoms with E-state index >= 15 is 0 Å². The van der Waals surface area contributed by atoms with Crippen LogP contribution in [0, 0.1) is 0 Å². The monoisotopic (exact) mass is 242 g/mol. The van der Waals surface area contributed by atoms with Crippen LogP contribution in [-0.4, -0.2) is 25.9 Å². The van der Waals surface area contributed by atoms with Crippen molar-refractivity contribution in [2.24, 2.45) is 0 Å². The van der Waals surface area contributed by atoms with Crippen molar-refractivity contribution in [3.8, 4) is 0 Å². The lowest BCUT2D eigenvalue weighted by atomic mass is 10.1. The highest BCUT2D eigenvalue weighted by Crippen LogP contribution is 2.26. The zero-order chi connectivity index (χ0) is 12.0. The zero-order valence-corrected chi connectivity index (χ0v) is 10.3. The van der Waals surface area contributed by atoms with Crippen molar-refractivity contribution in [3.05, 3.63) is 35.9 Å². The van der Waals surface area contributed by atoms with Gasteiger partial charge in [0.05, 0.1) is 11.0 Å². The largest absolute Gasteiger partial charge is 0.396 e. The van der Waals surface area contributed by atoms with E-state index in [1.54, 1.807) is 0 Å². The molecule has 16 heavy (non-hydrogen) atoms. The van der Waals surface area contributed by atoms with E-state index in [1.807, 2.05) is 37.3 Å². The van der Waals surface area contributed by atoms with E-state index in [1.165, 1.54) is 0 Å². The third-order valence-electron chi connectivity index (χ3n) is 2.56. The van der Waals surface area contributed by atoms with Gasteiger partial charge in [0.25, 0.3) is 0 Å². The molecule has 1 N–H and O–H groups in total. The van der Waals surface area contributed by atoms with Gasteiger partial charge in [-0.15, -0.1) is 0 Å². The molecule has 0 aromatic heterocycles. The summed E-state index contributed by atoms with van der Waals surface area (Å²) in [5, 5.41) is 8.25. The van der Waals surface area contributed by atoms with Crippen LogP contribution in [0.2, 0.25) is 0 Å². The summed E-state index contributed by atoms with van der Waals surface area (Å²) in [6.07, 6.45) is 0.878. The molecule has 1 unspecified atom stereocenters. The molecule has 4 heteroatoms. The molecule has 1 aromatic rings. The van der Waals surface area contributed by atoms with Crippen LogP contribution in [0.25, 0.3) is 0 Å². The Hall–Kier alpha value is -0.870. The molecule has 0 aliphatic heterocycles. The Morgan fingerprint density at radius 1 is 1.25 bits per heavy atom. The lowest BCUT2D eigenvalue weighted by Gasteiger charge is -2.15. The van der Waals surface area contributed by atoms with Crippen LogP contribution in [0.1, 0.15) is 30.6 Å². The predicted octanol–water partition coefficient (Wildman–Crippen LogP) is 1.93. The van der Waals surface area contributed by atoms with Crippen LogP contribution >= 0.6 is 0 Å². The van der Waals surface area contributed by atoms with Gasteiger partial charge in [-0.2, -0.15) is 0 Å². The normalized spacial score (nSPS) is 13.6. The smallest absolute Gasteiger partial charge is 0.157 e. The Morgan fingerprint density at radius 3 is 2.38 bits per heavy atom. The Kier molecular flexibility index (Phi) is 4.96. The summed E-state index contributed by atoms with van der Waals surface area (Å²) in [6, 6.07) is 9.24. The minimum absolute atomic E-state index is 0.0525. The maximum absolute atomic E-state index is 12.0. The second kappa shape index (κ2) is 6.01. The molecule has 0 fully saturated rings. The van der Waals surface area contributed by atoms with Gasteiger partial charge in [0.2, 0.25) is 0 Å². The van der Waals surface area contributed by atoms with Gasteiger partial charge in [-0.05, 0) is 18.4 Å². The predicted molar refractivity (Wildman–Crippen MR) is 65.0 cm³/mol. The van der Waals surface area contributed by atoms with Crippen molar-refractivity contribution in [1.82, 2.24) is 0 Å². The number of sulfone groups is 1. The van der Waals surface area contributed by atoms with E-state index in [4.69, 9.17) is 5.11 Å². The molecule has 90 valence electrons. The fourth-order valence-corrected chi connectivity index (χ4v) is 3.67. The SMILES string of the molecule is CCC(c1ccccc1)S(=O)(=O)CCCO. The maximum atomic E-state index is 12.0. The van der Waals surface area contributed by atoms with Crippen molar-refractivity contribution >= 4 is 9.84 Å². The van der Waals surface area contributed by atoms with Gasteiger partial charge in [0.1, 0.15) is 0 Å². The molecule has 1 aromatic carbocycles. The second-order valence-corrected chi connectivity index (χ2v) is 6.05. The van der Waals surface area contributed by atoms with Gasteiger partial charge in [-0.1, -0.05) is 37.3 Å². The van der Waals surface area contributed by atoms with Crippen LogP contribution in [0.3, 0.4) is 0 Å². The van der Waals surface area contributed by atoms with Crippen LogP contribution in [-0.2, 0) is 9.84 Å². The average molecular weight is 242 g/mol. The van der Waals surface area contributed by atoms with E-state index < -0.39 is 15.1 Å². The highest BCUT2D eigenvalue weighted by atomic mass is 32.2. The summed E-state index contributed by atoms with van der Waals surface area (Å²) in [6.45, 7) is 1.79. The number of aliphatic hydroxyl groups excluding tert-OH is 1. The quantitative estimate of drug-likeness (QED) is 0.829. The molecule has 1 rings (SSSR count). The Morgan fingerprint density at radius 2 is 1.88 bits per heavy atom. The van der Waals surface area contributed by atoms with Crippen LogP contribution < -0.4 is 0 Å². The van der Waals surface area contributed by atoms with E-state index in [9.17, 15) is 8.42 Å². The first-order valence-electron chi connectivity index (χ1n) is 5.49. The fraction of sp³-hybridized carbons (Fsp3) is 0.500. The highest BCUT2D eigenvalue weighted by Gasteiger charge is 2.24. The van der Waals surface area contributed by atoms with Gasteiger partial charge in [0, 0.05) is 6.61 Å². The lowest BCUT2D eigenvalue weighted by Crippen LogP contribution is -2.17. The molecular formula is C12H18O3S. The van der Waals surface area contributed by atoms with Gasteiger partial charge >= 0.3 is 0 Å². The van der Waals surface area contributed by atoms with E-state index in [2.05, 4.69) is 0 Å². The summed E-state index contributed by atoms with van der Waals surface area (Å²) in [4.78, 5) is 0. The van der Waals surface area contributed by atoms with Gasteiger partial charge in [-0.3, -0.25) is 0 Å². The van der Waals surface area contributed by atoms with Gasteiger partial charge < -0.3 is 5.11 Å². The third kappa shape index (κ3) is 3.32. The zero-order valence-electron chi connectivity index (χ0n) is 9.46. The summed E-state index contributed by atoms with van der Waals surface area (Å²) in [5.74, 6) is 0.0525. The first-order valence-corrected chi connectivity index (χ1v) is 7.20. The average Bonchev–Trinajstić information content (AvgIpc) is 2.28. The summed E-state index contributed by atoms with van der Waals surface area (Å²) in [5.41, 5.74) is 0.836. The lowest BCUT2D eigenvalue weighted by molar-refractivity contribution is 0.295. The van der Waals surface area contributed by atoms with Crippen molar-refractivity contribution in [2.75, 3.05) is 12.4 Å². The first-order chi connectivity index (χ1) is 7.61. The van der Waals surface area contributed by atoms with Gasteiger partial charge in [-0.25, -0.2) is 8.42 Å². The number of rotatable bonds is 6. The molecule has 0 radical (unpaired) electrons. The molecule has 0 bridgehead atoms. The Bertz CT molecular complexity index is 398. The molecular weight excluding hydrogens is 224 g/mol. The van der Waals surface area contributed by atoms with Crippen molar-refractivity contribution in [1.29, 1.82) is 0 Å². The molecule has 0 aliphatic rings. The first kappa shape index (κ1) is 13.2. The van der Waals surface area contributed by atoms with E-state index in [0.717, 1.165) is 5.56 Å². The Balaban J connectivity index is 2.90. The molecule has 3 nitrogen and oxygen atoms in total. The third-order valence-corrected chi connectivity index (χ3v) is 4.89. The van der Waals surface area contributed by atoms with Crippen LogP contribution in [0.5, 0.6) is 0 Å².